The second-order valence-corrected chi connectivity index (χ2v) is 8.12. The minimum atomic E-state index is -3.56. The second-order valence-electron chi connectivity index (χ2n) is 6.35. The van der Waals surface area contributed by atoms with E-state index in [-0.39, 0.29) is 11.4 Å². The standard InChI is InChI=1S/C18H25N5O3S/c1-14-21-17(13-18(22-14)23-11-3-4-12-23)19-9-10-20-27(24,25)16-7-5-15(26-2)6-8-16/h5-8,13,20H,3-4,9-12H2,1-2H3,(H,19,21,22). The molecule has 2 heterocycles. The first-order chi connectivity index (χ1) is 13.0. The van der Waals surface area contributed by atoms with Gasteiger partial charge >= 0.3 is 0 Å². The van der Waals surface area contributed by atoms with Gasteiger partial charge < -0.3 is 15.0 Å². The molecule has 1 aromatic carbocycles. The number of methoxy groups -OCH3 is 1. The fraction of sp³-hybridized carbons (Fsp3) is 0.444. The fourth-order valence-corrected chi connectivity index (χ4v) is 4.00. The molecule has 0 saturated carbocycles. The number of rotatable bonds is 8. The summed E-state index contributed by atoms with van der Waals surface area (Å²) < 4.78 is 32.3. The molecule has 1 saturated heterocycles. The van der Waals surface area contributed by atoms with Crippen molar-refractivity contribution in [3.63, 3.8) is 0 Å². The Morgan fingerprint density at radius 3 is 2.48 bits per heavy atom. The van der Waals surface area contributed by atoms with Gasteiger partial charge in [0.25, 0.3) is 0 Å². The molecule has 1 aromatic heterocycles. The summed E-state index contributed by atoms with van der Waals surface area (Å²) in [6.45, 7) is 4.55. The number of nitrogens with one attached hydrogen (secondary N) is 2. The van der Waals surface area contributed by atoms with Crippen LogP contribution in [0.2, 0.25) is 0 Å². The van der Waals surface area contributed by atoms with Crippen molar-refractivity contribution in [1.82, 2.24) is 14.7 Å². The molecule has 2 N–H and O–H groups in total. The van der Waals surface area contributed by atoms with Gasteiger partial charge in [-0.15, -0.1) is 0 Å². The summed E-state index contributed by atoms with van der Waals surface area (Å²) in [5.74, 6) is 2.93. The van der Waals surface area contributed by atoms with Gasteiger partial charge in [-0.3, -0.25) is 0 Å². The highest BCUT2D eigenvalue weighted by molar-refractivity contribution is 7.89. The van der Waals surface area contributed by atoms with E-state index >= 15 is 0 Å². The molecule has 1 fully saturated rings. The van der Waals surface area contributed by atoms with Gasteiger partial charge in [0.15, 0.2) is 0 Å². The molecule has 1 aliphatic heterocycles. The van der Waals surface area contributed by atoms with E-state index < -0.39 is 10.0 Å². The Hall–Kier alpha value is -2.39. The second kappa shape index (κ2) is 8.53. The van der Waals surface area contributed by atoms with Crippen LogP contribution in [0.15, 0.2) is 35.2 Å². The number of anilines is 2. The average Bonchev–Trinajstić information content (AvgIpc) is 3.20. The fourth-order valence-electron chi connectivity index (χ4n) is 2.96. The van der Waals surface area contributed by atoms with Gasteiger partial charge in [-0.25, -0.2) is 23.1 Å². The smallest absolute Gasteiger partial charge is 0.240 e. The maximum atomic E-state index is 12.3. The molecule has 2 aromatic rings. The zero-order chi connectivity index (χ0) is 19.3. The predicted octanol–water partition coefficient (Wildman–Crippen LogP) is 1.78. The lowest BCUT2D eigenvalue weighted by Crippen LogP contribution is -2.29. The van der Waals surface area contributed by atoms with Gasteiger partial charge in [0.2, 0.25) is 10.0 Å². The van der Waals surface area contributed by atoms with E-state index in [0.29, 0.717) is 23.9 Å². The molecule has 0 spiro atoms. The van der Waals surface area contributed by atoms with Crippen molar-refractivity contribution in [3.8, 4) is 5.75 Å². The van der Waals surface area contributed by atoms with E-state index in [1.54, 1.807) is 12.1 Å². The first-order valence-corrected chi connectivity index (χ1v) is 10.4. The van der Waals surface area contributed by atoms with E-state index in [4.69, 9.17) is 4.74 Å². The van der Waals surface area contributed by atoms with Crippen LogP contribution in [0.5, 0.6) is 5.75 Å². The summed E-state index contributed by atoms with van der Waals surface area (Å²) >= 11 is 0. The van der Waals surface area contributed by atoms with Crippen LogP contribution < -0.4 is 19.7 Å². The number of benzene rings is 1. The zero-order valence-electron chi connectivity index (χ0n) is 15.6. The number of aryl methyl sites for hydroxylation is 1. The normalized spacial score (nSPS) is 14.4. The molecule has 3 rings (SSSR count). The number of hydrogen-bond acceptors (Lipinski definition) is 7. The molecule has 0 bridgehead atoms. The monoisotopic (exact) mass is 391 g/mol. The minimum Gasteiger partial charge on any atom is -0.497 e. The van der Waals surface area contributed by atoms with Crippen molar-refractivity contribution in [2.24, 2.45) is 0 Å². The van der Waals surface area contributed by atoms with Crippen LogP contribution in [-0.2, 0) is 10.0 Å². The zero-order valence-corrected chi connectivity index (χ0v) is 16.4. The van der Waals surface area contributed by atoms with E-state index in [0.717, 1.165) is 18.9 Å². The van der Waals surface area contributed by atoms with Crippen LogP contribution in [0, 0.1) is 6.92 Å². The number of sulfonamides is 1. The maximum absolute atomic E-state index is 12.3. The highest BCUT2D eigenvalue weighted by atomic mass is 32.2. The van der Waals surface area contributed by atoms with E-state index in [1.165, 1.54) is 32.1 Å². The molecular formula is C18H25N5O3S. The summed E-state index contributed by atoms with van der Waals surface area (Å²) in [6.07, 6.45) is 2.36. The molecule has 1 aliphatic rings. The van der Waals surface area contributed by atoms with E-state index in [1.807, 2.05) is 13.0 Å². The number of ether oxygens (including phenoxy) is 1. The average molecular weight is 391 g/mol. The highest BCUT2D eigenvalue weighted by Crippen LogP contribution is 2.20. The van der Waals surface area contributed by atoms with Crippen LogP contribution in [0.1, 0.15) is 18.7 Å². The summed E-state index contributed by atoms with van der Waals surface area (Å²) in [7, 11) is -2.02. The summed E-state index contributed by atoms with van der Waals surface area (Å²) in [4.78, 5) is 11.3. The molecule has 27 heavy (non-hydrogen) atoms. The molecule has 0 radical (unpaired) electrons. The number of nitrogens with zero attached hydrogens (tertiary/aromatic N) is 3. The Balaban J connectivity index is 1.54. The molecular weight excluding hydrogens is 366 g/mol. The highest BCUT2D eigenvalue weighted by Gasteiger charge is 2.16. The summed E-state index contributed by atoms with van der Waals surface area (Å²) in [5.41, 5.74) is 0. The van der Waals surface area contributed by atoms with Crippen LogP contribution in [0.25, 0.3) is 0 Å². The van der Waals surface area contributed by atoms with Crippen LogP contribution in [0.4, 0.5) is 11.6 Å². The molecule has 9 heteroatoms. The molecule has 146 valence electrons. The Labute approximate surface area is 160 Å². The van der Waals surface area contributed by atoms with Gasteiger partial charge in [-0.1, -0.05) is 0 Å². The predicted molar refractivity (Wildman–Crippen MR) is 105 cm³/mol. The summed E-state index contributed by atoms with van der Waals surface area (Å²) in [6, 6.07) is 8.19. The topological polar surface area (TPSA) is 96.5 Å². The lowest BCUT2D eigenvalue weighted by Gasteiger charge is -2.17. The van der Waals surface area contributed by atoms with Crippen LogP contribution in [0.3, 0.4) is 0 Å². The third kappa shape index (κ3) is 5.08. The number of hydrogen-bond donors (Lipinski definition) is 2. The largest absolute Gasteiger partial charge is 0.497 e. The molecule has 0 aliphatic carbocycles. The first kappa shape index (κ1) is 19.4. The third-order valence-electron chi connectivity index (χ3n) is 4.35. The van der Waals surface area contributed by atoms with Crippen LogP contribution >= 0.6 is 0 Å². The number of aromatic nitrogens is 2. The lowest BCUT2D eigenvalue weighted by atomic mass is 10.3. The SMILES string of the molecule is COc1ccc(S(=O)(=O)NCCNc2cc(N3CCCC3)nc(C)n2)cc1. The summed E-state index contributed by atoms with van der Waals surface area (Å²) in [5, 5.41) is 3.17. The molecule has 0 amide bonds. The molecule has 8 nitrogen and oxygen atoms in total. The quantitative estimate of drug-likeness (QED) is 0.662. The minimum absolute atomic E-state index is 0.206. The van der Waals surface area contributed by atoms with Crippen molar-refractivity contribution in [2.45, 2.75) is 24.7 Å². The van der Waals surface area contributed by atoms with Gasteiger partial charge in [0, 0.05) is 32.2 Å². The van der Waals surface area contributed by atoms with E-state index in [2.05, 4.69) is 24.9 Å². The van der Waals surface area contributed by atoms with Gasteiger partial charge in [0.05, 0.1) is 12.0 Å². The van der Waals surface area contributed by atoms with Crippen LogP contribution in [-0.4, -0.2) is 51.7 Å². The Bertz CT molecular complexity index is 865. The Kier molecular flexibility index (Phi) is 6.12. The van der Waals surface area contributed by atoms with Gasteiger partial charge in [-0.2, -0.15) is 0 Å². The Morgan fingerprint density at radius 1 is 1.11 bits per heavy atom. The van der Waals surface area contributed by atoms with Crippen molar-refractivity contribution in [3.05, 3.63) is 36.2 Å². The first-order valence-electron chi connectivity index (χ1n) is 8.96. The van der Waals surface area contributed by atoms with Crippen molar-refractivity contribution in [1.29, 1.82) is 0 Å². The molecule has 0 unspecified atom stereocenters. The maximum Gasteiger partial charge on any atom is 0.240 e. The van der Waals surface area contributed by atoms with Crippen molar-refractivity contribution >= 4 is 21.7 Å². The third-order valence-corrected chi connectivity index (χ3v) is 5.82. The van der Waals surface area contributed by atoms with Gasteiger partial charge in [-0.05, 0) is 44.0 Å². The van der Waals surface area contributed by atoms with Gasteiger partial charge in [0.1, 0.15) is 23.2 Å². The van der Waals surface area contributed by atoms with Crippen molar-refractivity contribution < 1.29 is 13.2 Å². The Morgan fingerprint density at radius 2 is 1.81 bits per heavy atom. The van der Waals surface area contributed by atoms with E-state index in [9.17, 15) is 8.42 Å². The molecule has 0 atom stereocenters. The lowest BCUT2D eigenvalue weighted by molar-refractivity contribution is 0.414. The van der Waals surface area contributed by atoms with Crippen molar-refractivity contribution in [2.75, 3.05) is 43.5 Å².